The Morgan fingerprint density at radius 2 is 1.96 bits per heavy atom. The van der Waals surface area contributed by atoms with Crippen molar-refractivity contribution in [3.63, 3.8) is 0 Å². The van der Waals surface area contributed by atoms with Gasteiger partial charge in [0.2, 0.25) is 0 Å². The summed E-state index contributed by atoms with van der Waals surface area (Å²) in [4.78, 5) is 33.9. The number of amides is 2. The number of anilines is 1. The number of carbonyl (C=O) groups is 3. The summed E-state index contributed by atoms with van der Waals surface area (Å²) in [7, 11) is 1.10. The normalized spacial score (nSPS) is 12.9. The number of benzene rings is 1. The lowest BCUT2D eigenvalue weighted by molar-refractivity contribution is -0.155. The van der Waals surface area contributed by atoms with E-state index in [1.54, 1.807) is 0 Å². The van der Waals surface area contributed by atoms with E-state index in [1.807, 2.05) is 0 Å². The van der Waals surface area contributed by atoms with E-state index < -0.39 is 42.5 Å². The quantitative estimate of drug-likeness (QED) is 0.532. The highest BCUT2D eigenvalue weighted by Gasteiger charge is 2.30. The molecule has 0 heterocycles. The van der Waals surface area contributed by atoms with Gasteiger partial charge in [0.15, 0.2) is 11.4 Å². The van der Waals surface area contributed by atoms with Gasteiger partial charge in [-0.05, 0) is 25.1 Å². The fourth-order valence-corrected chi connectivity index (χ4v) is 1.56. The first kappa shape index (κ1) is 20.1. The van der Waals surface area contributed by atoms with Gasteiger partial charge in [-0.3, -0.25) is 0 Å². The summed E-state index contributed by atoms with van der Waals surface area (Å²) < 4.78 is 33.7. The van der Waals surface area contributed by atoms with Crippen LogP contribution in [0, 0.1) is 0 Å². The number of rotatable bonds is 7. The number of methoxy groups -OCH3 is 1. The van der Waals surface area contributed by atoms with Crippen LogP contribution in [0.4, 0.5) is 19.3 Å². The fraction of sp³-hybridized carbons (Fsp3) is 0.357. The second-order valence-corrected chi connectivity index (χ2v) is 4.97. The van der Waals surface area contributed by atoms with Crippen LogP contribution in [-0.2, 0) is 9.53 Å². The average Bonchev–Trinajstić information content (AvgIpc) is 2.53. The Hall–Kier alpha value is -2.95. The van der Waals surface area contributed by atoms with Gasteiger partial charge in [0.05, 0.1) is 24.9 Å². The van der Waals surface area contributed by atoms with Crippen molar-refractivity contribution in [2.75, 3.05) is 19.0 Å². The van der Waals surface area contributed by atoms with Gasteiger partial charge >= 0.3 is 24.6 Å². The van der Waals surface area contributed by atoms with Crippen molar-refractivity contribution < 1.29 is 42.9 Å². The molecular formula is C14H16F2N2O7. The molecule has 2 amide bonds. The average molecular weight is 362 g/mol. The third-order valence-electron chi connectivity index (χ3n) is 2.92. The Morgan fingerprint density at radius 3 is 2.48 bits per heavy atom. The second-order valence-electron chi connectivity index (χ2n) is 4.97. The molecule has 4 N–H and O–H groups in total. The van der Waals surface area contributed by atoms with Gasteiger partial charge in [-0.2, -0.15) is 8.78 Å². The van der Waals surface area contributed by atoms with Gasteiger partial charge in [0, 0.05) is 0 Å². The molecule has 0 fully saturated rings. The van der Waals surface area contributed by atoms with Crippen LogP contribution in [0.5, 0.6) is 5.75 Å². The van der Waals surface area contributed by atoms with Crippen LogP contribution in [0.25, 0.3) is 0 Å². The molecule has 0 saturated heterocycles. The molecule has 0 saturated carbocycles. The van der Waals surface area contributed by atoms with E-state index in [1.165, 1.54) is 6.07 Å². The molecule has 1 aromatic rings. The molecule has 9 nitrogen and oxygen atoms in total. The van der Waals surface area contributed by atoms with Crippen LogP contribution >= 0.6 is 0 Å². The van der Waals surface area contributed by atoms with Crippen molar-refractivity contribution >= 4 is 23.7 Å². The van der Waals surface area contributed by atoms with Gasteiger partial charge in [-0.1, -0.05) is 0 Å². The monoisotopic (exact) mass is 362 g/mol. The summed E-state index contributed by atoms with van der Waals surface area (Å²) in [6, 6.07) is 2.29. The lowest BCUT2D eigenvalue weighted by atomic mass is 10.1. The molecule has 0 aromatic heterocycles. The minimum atomic E-state index is -3.22. The van der Waals surface area contributed by atoms with Gasteiger partial charge in [0.1, 0.15) is 0 Å². The van der Waals surface area contributed by atoms with E-state index in [9.17, 15) is 28.3 Å². The van der Waals surface area contributed by atoms with Crippen molar-refractivity contribution in [2.24, 2.45) is 0 Å². The topological polar surface area (TPSA) is 134 Å². The van der Waals surface area contributed by atoms with E-state index in [-0.39, 0.29) is 11.3 Å². The zero-order chi connectivity index (χ0) is 19.2. The number of halogens is 2. The third-order valence-corrected chi connectivity index (χ3v) is 2.92. The van der Waals surface area contributed by atoms with Crippen LogP contribution in [0.2, 0.25) is 0 Å². The number of carboxylic acid groups (broad SMARTS) is 1. The minimum absolute atomic E-state index is 0.0853. The molecule has 11 heteroatoms. The lowest BCUT2D eigenvalue weighted by Crippen LogP contribution is -2.47. The highest BCUT2D eigenvalue weighted by molar-refractivity contribution is 5.94. The number of ether oxygens (including phenoxy) is 2. The first-order valence-electron chi connectivity index (χ1n) is 6.74. The molecule has 1 atom stereocenters. The highest BCUT2D eigenvalue weighted by atomic mass is 19.3. The largest absolute Gasteiger partial charge is 0.479 e. The molecule has 1 unspecified atom stereocenters. The predicted molar refractivity (Wildman–Crippen MR) is 79.7 cm³/mol. The Labute approximate surface area is 140 Å². The number of hydrogen-bond donors (Lipinski definition) is 4. The van der Waals surface area contributed by atoms with Crippen LogP contribution in [0.1, 0.15) is 17.3 Å². The molecule has 25 heavy (non-hydrogen) atoms. The molecule has 0 aliphatic rings. The fourth-order valence-electron chi connectivity index (χ4n) is 1.56. The van der Waals surface area contributed by atoms with Crippen molar-refractivity contribution in [1.82, 2.24) is 5.32 Å². The molecule has 0 spiro atoms. The first-order chi connectivity index (χ1) is 11.6. The maximum atomic E-state index is 12.5. The maximum absolute atomic E-state index is 12.5. The Bertz CT molecular complexity index is 665. The molecule has 0 aliphatic carbocycles. The number of nitrogens with one attached hydrogen (secondary N) is 2. The number of carbonyl (C=O) groups excluding carboxylic acids is 2. The summed E-state index contributed by atoms with van der Waals surface area (Å²) in [5.41, 5.74) is -2.51. The Kier molecular flexibility index (Phi) is 6.62. The lowest BCUT2D eigenvalue weighted by Gasteiger charge is -2.19. The second kappa shape index (κ2) is 8.24. The molecule has 0 bridgehead atoms. The Balaban J connectivity index is 2.90. The summed E-state index contributed by atoms with van der Waals surface area (Å²) in [6.07, 6.45) is 0. The van der Waals surface area contributed by atoms with E-state index in [4.69, 9.17) is 5.11 Å². The smallest absolute Gasteiger partial charge is 0.387 e. The minimum Gasteiger partial charge on any atom is -0.479 e. The summed E-state index contributed by atoms with van der Waals surface area (Å²) in [5, 5.41) is 22.4. The number of hydrogen-bond acceptors (Lipinski definition) is 6. The van der Waals surface area contributed by atoms with Gasteiger partial charge in [-0.25, -0.2) is 14.4 Å². The summed E-state index contributed by atoms with van der Waals surface area (Å²) >= 11 is 0. The molecule has 0 radical (unpaired) electrons. The summed E-state index contributed by atoms with van der Waals surface area (Å²) in [6.45, 7) is -2.89. The first-order valence-corrected chi connectivity index (χ1v) is 6.74. The zero-order valence-electron chi connectivity index (χ0n) is 13.2. The molecule has 138 valence electrons. The third kappa shape index (κ3) is 5.88. The summed E-state index contributed by atoms with van der Waals surface area (Å²) in [5.74, 6) is -2.86. The zero-order valence-corrected chi connectivity index (χ0v) is 13.2. The predicted octanol–water partition coefficient (Wildman–Crippen LogP) is 1.03. The molecule has 0 aliphatic heterocycles. The van der Waals surface area contributed by atoms with E-state index in [2.05, 4.69) is 20.1 Å². The van der Waals surface area contributed by atoms with Gasteiger partial charge in [-0.15, -0.1) is 0 Å². The maximum Gasteiger partial charge on any atom is 0.387 e. The van der Waals surface area contributed by atoms with Crippen LogP contribution in [0.3, 0.4) is 0 Å². The molecule has 1 rings (SSSR count). The van der Waals surface area contributed by atoms with E-state index in [0.29, 0.717) is 0 Å². The van der Waals surface area contributed by atoms with Gasteiger partial charge < -0.3 is 30.3 Å². The SMILES string of the molecule is COC(=O)c1ccc(NC(=O)NCC(C)(O)C(=O)O)c(OC(F)F)c1. The number of carboxylic acids is 1. The number of aliphatic hydroxyl groups is 1. The number of aliphatic carboxylic acids is 1. The number of esters is 1. The van der Waals surface area contributed by atoms with E-state index in [0.717, 1.165) is 26.2 Å². The van der Waals surface area contributed by atoms with Crippen molar-refractivity contribution in [3.05, 3.63) is 23.8 Å². The number of alkyl halides is 2. The van der Waals surface area contributed by atoms with Crippen LogP contribution < -0.4 is 15.4 Å². The highest BCUT2D eigenvalue weighted by Crippen LogP contribution is 2.28. The Morgan fingerprint density at radius 1 is 1.32 bits per heavy atom. The standard InChI is InChI=1S/C14H16F2N2O7/c1-14(23,11(20)21)6-17-13(22)18-8-4-3-7(10(19)24-2)5-9(8)25-12(15)16/h3-5,12,23H,6H2,1-2H3,(H,20,21)(H2,17,18,22). The van der Waals surface area contributed by atoms with Gasteiger partial charge in [0.25, 0.3) is 0 Å². The van der Waals surface area contributed by atoms with Crippen molar-refractivity contribution in [2.45, 2.75) is 19.1 Å². The van der Waals surface area contributed by atoms with Crippen LogP contribution in [-0.4, -0.2) is 54.0 Å². The van der Waals surface area contributed by atoms with E-state index >= 15 is 0 Å². The van der Waals surface area contributed by atoms with Crippen molar-refractivity contribution in [3.8, 4) is 5.75 Å². The van der Waals surface area contributed by atoms with Crippen LogP contribution in [0.15, 0.2) is 18.2 Å². The molecular weight excluding hydrogens is 346 g/mol. The number of urea groups is 1. The molecule has 1 aromatic carbocycles. The van der Waals surface area contributed by atoms with Crippen molar-refractivity contribution in [1.29, 1.82) is 0 Å².